The zero-order valence-electron chi connectivity index (χ0n) is 9.25. The lowest BCUT2D eigenvalue weighted by atomic mass is 10.2. The average Bonchev–Trinajstić information content (AvgIpc) is 2.50. The number of hydrogen-bond donors (Lipinski definition) is 4. The Morgan fingerprint density at radius 1 is 1.24 bits per heavy atom. The molecule has 0 saturated heterocycles. The highest BCUT2D eigenvalue weighted by Gasteiger charge is 2.45. The maximum absolute atomic E-state index is 10.7. The molecule has 2 rings (SSSR count). The minimum absolute atomic E-state index is 0.0338. The normalized spacial score (nSPS) is 17.0. The van der Waals surface area contributed by atoms with E-state index in [9.17, 15) is 15.3 Å². The Hall–Kier alpha value is -1.90. The third kappa shape index (κ3) is 1.35. The standard InChI is InChI=1S/C9H12N4O4/c1-9(2)12(16)7-5(10-14)3-4-6(11-15)8(7)13(9)17/h3-4,10,14,16-17H,1-2H3. The van der Waals surface area contributed by atoms with Gasteiger partial charge in [0.2, 0.25) is 0 Å². The van der Waals surface area contributed by atoms with Crippen LogP contribution >= 0.6 is 0 Å². The molecular weight excluding hydrogens is 228 g/mol. The Kier molecular flexibility index (Phi) is 2.42. The maximum Gasteiger partial charge on any atom is 0.156 e. The van der Waals surface area contributed by atoms with Crippen molar-refractivity contribution in [3.8, 4) is 0 Å². The van der Waals surface area contributed by atoms with Gasteiger partial charge < -0.3 is 0 Å². The van der Waals surface area contributed by atoms with E-state index in [4.69, 9.17) is 5.21 Å². The summed E-state index contributed by atoms with van der Waals surface area (Å²) in [5.41, 5.74) is 0.943. The molecule has 4 N–H and O–H groups in total. The van der Waals surface area contributed by atoms with E-state index in [-0.39, 0.29) is 22.7 Å². The summed E-state index contributed by atoms with van der Waals surface area (Å²) < 4.78 is 0. The Labute approximate surface area is 96.5 Å². The number of nitroso groups, excluding NO2 is 1. The van der Waals surface area contributed by atoms with Crippen molar-refractivity contribution in [3.63, 3.8) is 0 Å². The monoisotopic (exact) mass is 240 g/mol. The van der Waals surface area contributed by atoms with Gasteiger partial charge in [-0.25, -0.2) is 10.1 Å². The van der Waals surface area contributed by atoms with Crippen LogP contribution in [0, 0.1) is 4.91 Å². The van der Waals surface area contributed by atoms with E-state index < -0.39 is 5.66 Å². The quantitative estimate of drug-likeness (QED) is 0.462. The van der Waals surface area contributed by atoms with Crippen molar-refractivity contribution < 1.29 is 15.6 Å². The molecule has 0 bridgehead atoms. The second-order valence-electron chi connectivity index (χ2n) is 4.15. The maximum atomic E-state index is 10.7. The molecule has 1 heterocycles. The smallest absolute Gasteiger partial charge is 0.156 e. The van der Waals surface area contributed by atoms with E-state index in [0.717, 1.165) is 10.1 Å². The van der Waals surface area contributed by atoms with Crippen LogP contribution in [0.1, 0.15) is 13.8 Å². The first-order valence-corrected chi connectivity index (χ1v) is 4.83. The highest BCUT2D eigenvalue weighted by Crippen LogP contribution is 2.51. The van der Waals surface area contributed by atoms with Crippen LogP contribution in [0.5, 0.6) is 0 Å². The molecule has 0 aromatic heterocycles. The SMILES string of the molecule is CC1(C)N(O)c2c(N=O)ccc(NO)c2N1O. The molecule has 0 saturated carbocycles. The number of benzene rings is 1. The molecule has 0 radical (unpaired) electrons. The highest BCUT2D eigenvalue weighted by molar-refractivity contribution is 5.94. The van der Waals surface area contributed by atoms with Gasteiger partial charge in [-0.1, -0.05) is 0 Å². The molecular formula is C9H12N4O4. The van der Waals surface area contributed by atoms with Crippen LogP contribution in [0.4, 0.5) is 22.7 Å². The van der Waals surface area contributed by atoms with Crippen molar-refractivity contribution in [1.82, 2.24) is 0 Å². The molecule has 1 aliphatic heterocycles. The molecule has 0 aliphatic carbocycles. The molecule has 1 aromatic rings. The second kappa shape index (κ2) is 3.55. The van der Waals surface area contributed by atoms with E-state index in [1.165, 1.54) is 26.0 Å². The van der Waals surface area contributed by atoms with E-state index in [1.54, 1.807) is 0 Å². The third-order valence-corrected chi connectivity index (χ3v) is 2.81. The summed E-state index contributed by atoms with van der Waals surface area (Å²) in [4.78, 5) is 10.7. The van der Waals surface area contributed by atoms with E-state index in [2.05, 4.69) is 5.18 Å². The van der Waals surface area contributed by atoms with Gasteiger partial charge in [-0.05, 0) is 31.2 Å². The van der Waals surface area contributed by atoms with Crippen LogP contribution in [0.3, 0.4) is 0 Å². The largest absolute Gasteiger partial charge is 0.291 e. The van der Waals surface area contributed by atoms with Crippen LogP contribution in [-0.4, -0.2) is 21.3 Å². The van der Waals surface area contributed by atoms with Gasteiger partial charge in [0.15, 0.2) is 5.66 Å². The van der Waals surface area contributed by atoms with Gasteiger partial charge in [0.25, 0.3) is 0 Å². The first kappa shape index (κ1) is 11.6. The Balaban J connectivity index is 2.74. The molecule has 0 atom stereocenters. The fourth-order valence-electron chi connectivity index (χ4n) is 1.79. The number of anilines is 3. The molecule has 0 fully saturated rings. The van der Waals surface area contributed by atoms with Crippen LogP contribution in [0.2, 0.25) is 0 Å². The van der Waals surface area contributed by atoms with Gasteiger partial charge in [0.05, 0.1) is 5.69 Å². The number of nitrogens with zero attached hydrogens (tertiary/aromatic N) is 3. The molecule has 0 unspecified atom stereocenters. The molecule has 0 amide bonds. The topological polar surface area (TPSA) is 109 Å². The third-order valence-electron chi connectivity index (χ3n) is 2.81. The van der Waals surface area contributed by atoms with Crippen molar-refractivity contribution in [2.75, 3.05) is 15.6 Å². The molecule has 1 aliphatic rings. The lowest BCUT2D eigenvalue weighted by molar-refractivity contribution is 0.103. The zero-order valence-corrected chi connectivity index (χ0v) is 9.25. The van der Waals surface area contributed by atoms with Crippen LogP contribution in [0.25, 0.3) is 0 Å². The summed E-state index contributed by atoms with van der Waals surface area (Å²) in [5, 5.41) is 33.1. The Morgan fingerprint density at radius 3 is 2.35 bits per heavy atom. The van der Waals surface area contributed by atoms with Crippen molar-refractivity contribution in [3.05, 3.63) is 17.0 Å². The predicted molar refractivity (Wildman–Crippen MR) is 59.9 cm³/mol. The van der Waals surface area contributed by atoms with Crippen molar-refractivity contribution in [2.45, 2.75) is 19.5 Å². The fourth-order valence-corrected chi connectivity index (χ4v) is 1.79. The highest BCUT2D eigenvalue weighted by atomic mass is 16.6. The van der Waals surface area contributed by atoms with Crippen molar-refractivity contribution in [1.29, 1.82) is 0 Å². The number of rotatable bonds is 2. The number of hydroxylamine groups is 2. The summed E-state index contributed by atoms with van der Waals surface area (Å²) in [6.07, 6.45) is 0. The fraction of sp³-hybridized carbons (Fsp3) is 0.333. The number of fused-ring (bicyclic) bond motifs is 1. The Bertz CT molecular complexity index is 476. The molecule has 0 spiro atoms. The molecule has 8 nitrogen and oxygen atoms in total. The average molecular weight is 240 g/mol. The van der Waals surface area contributed by atoms with E-state index in [0.29, 0.717) is 0 Å². The molecule has 17 heavy (non-hydrogen) atoms. The van der Waals surface area contributed by atoms with Crippen LogP contribution in [0.15, 0.2) is 17.3 Å². The van der Waals surface area contributed by atoms with Crippen molar-refractivity contribution in [2.24, 2.45) is 5.18 Å². The first-order valence-electron chi connectivity index (χ1n) is 4.83. The number of nitrogens with one attached hydrogen (secondary N) is 1. The van der Waals surface area contributed by atoms with Crippen LogP contribution in [-0.2, 0) is 0 Å². The van der Waals surface area contributed by atoms with Gasteiger partial charge >= 0.3 is 0 Å². The van der Waals surface area contributed by atoms with Crippen molar-refractivity contribution >= 4 is 22.7 Å². The summed E-state index contributed by atoms with van der Waals surface area (Å²) >= 11 is 0. The number of hydrogen-bond acceptors (Lipinski definition) is 8. The van der Waals surface area contributed by atoms with E-state index >= 15 is 0 Å². The van der Waals surface area contributed by atoms with Gasteiger partial charge in [-0.15, -0.1) is 4.91 Å². The Morgan fingerprint density at radius 2 is 1.82 bits per heavy atom. The lowest BCUT2D eigenvalue weighted by Crippen LogP contribution is -2.49. The van der Waals surface area contributed by atoms with Gasteiger partial charge in [-0.2, -0.15) is 0 Å². The first-order chi connectivity index (χ1) is 7.95. The van der Waals surface area contributed by atoms with Gasteiger partial charge in [0, 0.05) is 0 Å². The second-order valence-corrected chi connectivity index (χ2v) is 4.15. The molecule has 8 heteroatoms. The zero-order chi connectivity index (χ0) is 12.8. The van der Waals surface area contributed by atoms with Gasteiger partial charge in [-0.3, -0.25) is 21.1 Å². The predicted octanol–water partition coefficient (Wildman–Crippen LogP) is 2.03. The van der Waals surface area contributed by atoms with Gasteiger partial charge in [0.1, 0.15) is 17.1 Å². The van der Waals surface area contributed by atoms with E-state index in [1.807, 2.05) is 5.48 Å². The summed E-state index contributed by atoms with van der Waals surface area (Å²) in [6, 6.07) is 2.69. The lowest BCUT2D eigenvalue weighted by Gasteiger charge is -2.32. The van der Waals surface area contributed by atoms with Crippen LogP contribution < -0.4 is 15.6 Å². The minimum Gasteiger partial charge on any atom is -0.291 e. The summed E-state index contributed by atoms with van der Waals surface area (Å²) in [7, 11) is 0. The summed E-state index contributed by atoms with van der Waals surface area (Å²) in [5.74, 6) is 0. The molecule has 92 valence electrons. The summed E-state index contributed by atoms with van der Waals surface area (Å²) in [6.45, 7) is 3.06. The minimum atomic E-state index is -1.17. The molecule has 1 aromatic carbocycles.